The van der Waals surface area contributed by atoms with E-state index in [1.54, 1.807) is 6.07 Å². The van der Waals surface area contributed by atoms with E-state index < -0.39 is 21.7 Å². The first-order chi connectivity index (χ1) is 19.8. The normalized spacial score (nSPS) is 12.7. The smallest absolute Gasteiger partial charge is 0.229 e. The van der Waals surface area contributed by atoms with Gasteiger partial charge in [0.2, 0.25) is 15.9 Å². The fraction of sp³-hybridized carbons (Fsp3) is 0.281. The van der Waals surface area contributed by atoms with E-state index in [1.807, 2.05) is 68.4 Å². The number of nitrogens with one attached hydrogen (secondary N) is 3. The Bertz CT molecular complexity index is 1690. The number of benzene rings is 4. The van der Waals surface area contributed by atoms with E-state index in [-0.39, 0.29) is 42.6 Å². The van der Waals surface area contributed by atoms with E-state index in [0.717, 1.165) is 28.2 Å². The largest absolute Gasteiger partial charge is 0.508 e. The van der Waals surface area contributed by atoms with Crippen LogP contribution in [0.2, 0.25) is 0 Å². The van der Waals surface area contributed by atoms with Crippen LogP contribution in [0.3, 0.4) is 0 Å². The number of carbonyl (C=O) groups is 1. The quantitative estimate of drug-likeness (QED) is 0.136. The number of amides is 1. The molecule has 0 radical (unpaired) electrons. The van der Waals surface area contributed by atoms with E-state index in [1.165, 1.54) is 18.2 Å². The molecule has 0 aliphatic carbocycles. The van der Waals surface area contributed by atoms with Crippen LogP contribution in [-0.4, -0.2) is 48.0 Å². The molecule has 0 aliphatic rings. The fourth-order valence-electron chi connectivity index (χ4n) is 4.90. The molecule has 0 saturated heterocycles. The molecule has 4 rings (SSSR count). The van der Waals surface area contributed by atoms with Crippen molar-refractivity contribution in [3.05, 3.63) is 101 Å². The van der Waals surface area contributed by atoms with Crippen LogP contribution in [0.15, 0.2) is 78.9 Å². The van der Waals surface area contributed by atoms with Crippen LogP contribution in [0, 0.1) is 0 Å². The lowest BCUT2D eigenvalue weighted by atomic mass is 9.93. The molecule has 0 heterocycles. The van der Waals surface area contributed by atoms with Crippen LogP contribution in [0.25, 0.3) is 10.8 Å². The molecule has 0 aliphatic heterocycles. The molecule has 0 saturated carbocycles. The van der Waals surface area contributed by atoms with Crippen molar-refractivity contribution in [3.8, 4) is 11.5 Å². The van der Waals surface area contributed by atoms with Gasteiger partial charge in [-0.3, -0.25) is 9.52 Å². The topological polar surface area (TPSA) is 148 Å². The zero-order valence-corrected chi connectivity index (χ0v) is 24.7. The van der Waals surface area contributed by atoms with E-state index >= 15 is 0 Å². The van der Waals surface area contributed by atoms with Gasteiger partial charge in [-0.1, -0.05) is 60.7 Å². The molecule has 4 aromatic carbocycles. The Morgan fingerprint density at radius 2 is 1.62 bits per heavy atom. The Labute approximate surface area is 246 Å². The van der Waals surface area contributed by atoms with Crippen LogP contribution in [0.5, 0.6) is 11.5 Å². The number of hydrogen-bond acceptors (Lipinski definition) is 7. The minimum Gasteiger partial charge on any atom is -0.508 e. The van der Waals surface area contributed by atoms with Crippen molar-refractivity contribution in [2.24, 2.45) is 0 Å². The van der Waals surface area contributed by atoms with Crippen LogP contribution in [-0.2, 0) is 34.2 Å². The summed E-state index contributed by atoms with van der Waals surface area (Å²) in [4.78, 5) is 12.8. The Kier molecular flexibility index (Phi) is 9.40. The van der Waals surface area contributed by atoms with E-state index in [4.69, 9.17) is 0 Å². The number of phenols is 2. The van der Waals surface area contributed by atoms with Crippen molar-refractivity contribution in [3.63, 3.8) is 0 Å². The van der Waals surface area contributed by atoms with Crippen molar-refractivity contribution < 1.29 is 28.5 Å². The molecule has 42 heavy (non-hydrogen) atoms. The summed E-state index contributed by atoms with van der Waals surface area (Å²) in [6.07, 6.45) is 0.854. The molecular formula is C32H37N3O6S. The first-order valence-electron chi connectivity index (χ1n) is 13.6. The summed E-state index contributed by atoms with van der Waals surface area (Å²) < 4.78 is 25.4. The third-order valence-electron chi connectivity index (χ3n) is 6.96. The first-order valence-corrected chi connectivity index (χ1v) is 15.5. The number of phenolic OH excluding ortho intramolecular Hbond substituents is 2. The fourth-order valence-corrected chi connectivity index (χ4v) is 5.46. The number of carbonyl (C=O) groups excluding carboxylic acids is 1. The Balaban J connectivity index is 1.33. The van der Waals surface area contributed by atoms with Gasteiger partial charge in [-0.05, 0) is 65.9 Å². The maximum Gasteiger partial charge on any atom is 0.229 e. The highest BCUT2D eigenvalue weighted by molar-refractivity contribution is 7.92. The summed E-state index contributed by atoms with van der Waals surface area (Å²) in [6.45, 7) is 4.42. The Morgan fingerprint density at radius 1 is 0.905 bits per heavy atom. The highest BCUT2D eigenvalue weighted by Crippen LogP contribution is 2.29. The summed E-state index contributed by atoms with van der Waals surface area (Å²) in [6, 6.07) is 23.3. The van der Waals surface area contributed by atoms with Crippen molar-refractivity contribution in [1.82, 2.24) is 10.6 Å². The highest BCUT2D eigenvalue weighted by Gasteiger charge is 2.21. The Morgan fingerprint density at radius 3 is 2.38 bits per heavy atom. The lowest BCUT2D eigenvalue weighted by molar-refractivity contribution is -0.120. The number of aliphatic hydroxyl groups excluding tert-OH is 1. The van der Waals surface area contributed by atoms with Gasteiger partial charge in [0, 0.05) is 24.2 Å². The number of sulfonamides is 1. The first kappa shape index (κ1) is 30.8. The molecule has 0 unspecified atom stereocenters. The van der Waals surface area contributed by atoms with Crippen molar-refractivity contribution >= 4 is 32.4 Å². The molecule has 222 valence electrons. The van der Waals surface area contributed by atoms with Gasteiger partial charge in [-0.2, -0.15) is 0 Å². The van der Waals surface area contributed by atoms with Gasteiger partial charge in [0.15, 0.2) is 0 Å². The number of hydrogen-bond donors (Lipinski definition) is 6. The lowest BCUT2D eigenvalue weighted by Crippen LogP contribution is -2.43. The van der Waals surface area contributed by atoms with Crippen molar-refractivity contribution in [2.75, 3.05) is 17.5 Å². The molecule has 0 aromatic heterocycles. The number of β-amino-alcohol motifs (C(OH)–C–C–N with tert-alkyl or cyclic N) is 1. The van der Waals surface area contributed by atoms with E-state index in [0.29, 0.717) is 17.5 Å². The van der Waals surface area contributed by atoms with E-state index in [2.05, 4.69) is 15.4 Å². The second-order valence-corrected chi connectivity index (χ2v) is 12.9. The van der Waals surface area contributed by atoms with Gasteiger partial charge in [-0.25, -0.2) is 8.42 Å². The van der Waals surface area contributed by atoms with Gasteiger partial charge in [0.05, 0.1) is 24.5 Å². The Hall–Kier alpha value is -4.12. The van der Waals surface area contributed by atoms with Crippen LogP contribution < -0.4 is 15.4 Å². The van der Waals surface area contributed by atoms with Crippen molar-refractivity contribution in [2.45, 2.75) is 44.9 Å². The molecule has 0 fully saturated rings. The zero-order valence-electron chi connectivity index (χ0n) is 23.9. The molecule has 4 aromatic rings. The average Bonchev–Trinajstić information content (AvgIpc) is 2.91. The van der Waals surface area contributed by atoms with E-state index in [9.17, 15) is 28.5 Å². The number of rotatable bonds is 12. The predicted octanol–water partition coefficient (Wildman–Crippen LogP) is 4.13. The highest BCUT2D eigenvalue weighted by atomic mass is 32.2. The van der Waals surface area contributed by atoms with Crippen LogP contribution in [0.4, 0.5) is 5.69 Å². The molecule has 0 spiro atoms. The molecule has 1 amide bonds. The number of aliphatic hydroxyl groups is 1. The molecule has 6 N–H and O–H groups in total. The standard InChI is InChI=1S/C32H37N3O6S/c1-32(2,34-20-30(38)24-12-14-29(37)27(17-24)35-42(3,40)41)18-22-8-6-7-21(15-22)16-31(39)33-19-26-25-10-5-4-9-23(25)11-13-28(26)36/h4-15,17,30,34-38H,16,18-20H2,1-3H3,(H,33,39)/t30-/m1/s1. The maximum absolute atomic E-state index is 12.8. The number of anilines is 1. The minimum atomic E-state index is -3.59. The predicted molar refractivity (Wildman–Crippen MR) is 165 cm³/mol. The molecule has 9 nitrogen and oxygen atoms in total. The van der Waals surface area contributed by atoms with Gasteiger partial charge in [0.25, 0.3) is 0 Å². The van der Waals surface area contributed by atoms with Gasteiger partial charge in [0.1, 0.15) is 11.5 Å². The molecular weight excluding hydrogens is 554 g/mol. The second-order valence-electron chi connectivity index (χ2n) is 11.2. The van der Waals surface area contributed by atoms with Gasteiger partial charge < -0.3 is 26.0 Å². The molecule has 10 heteroatoms. The third-order valence-corrected chi connectivity index (χ3v) is 7.55. The van der Waals surface area contributed by atoms with Gasteiger partial charge in [-0.15, -0.1) is 0 Å². The monoisotopic (exact) mass is 591 g/mol. The summed E-state index contributed by atoms with van der Waals surface area (Å²) in [5.41, 5.74) is 2.59. The zero-order chi connectivity index (χ0) is 30.5. The SMILES string of the molecule is CC(C)(Cc1cccc(CC(=O)NCc2c(O)ccc3ccccc23)c1)NC[C@@H](O)c1ccc(O)c(NS(C)(=O)=O)c1. The summed E-state index contributed by atoms with van der Waals surface area (Å²) in [5.74, 6) is -0.240. The lowest BCUT2D eigenvalue weighted by Gasteiger charge is -2.28. The summed E-state index contributed by atoms with van der Waals surface area (Å²) in [5, 5.41) is 39.2. The number of aromatic hydroxyl groups is 2. The van der Waals surface area contributed by atoms with Crippen LogP contribution in [0.1, 0.15) is 42.2 Å². The van der Waals surface area contributed by atoms with Gasteiger partial charge >= 0.3 is 0 Å². The average molecular weight is 592 g/mol. The van der Waals surface area contributed by atoms with Crippen LogP contribution >= 0.6 is 0 Å². The third kappa shape index (κ3) is 8.45. The number of fused-ring (bicyclic) bond motifs is 1. The van der Waals surface area contributed by atoms with Crippen molar-refractivity contribution in [1.29, 1.82) is 0 Å². The second kappa shape index (κ2) is 12.8. The minimum absolute atomic E-state index is 0.00285. The molecule has 0 bridgehead atoms. The molecule has 1 atom stereocenters. The summed E-state index contributed by atoms with van der Waals surface area (Å²) >= 11 is 0. The summed E-state index contributed by atoms with van der Waals surface area (Å²) in [7, 11) is -3.59. The maximum atomic E-state index is 12.8.